The van der Waals surface area contributed by atoms with E-state index in [0.717, 1.165) is 23.6 Å². The van der Waals surface area contributed by atoms with Crippen molar-refractivity contribution in [2.75, 3.05) is 6.61 Å². The molecule has 0 unspecified atom stereocenters. The summed E-state index contributed by atoms with van der Waals surface area (Å²) in [5.74, 6) is 0.745. The van der Waals surface area contributed by atoms with E-state index >= 15 is 0 Å². The number of hydrogen-bond donors (Lipinski definition) is 0. The van der Waals surface area contributed by atoms with Gasteiger partial charge in [0.05, 0.1) is 17.9 Å². The minimum Gasteiger partial charge on any atom is -0.493 e. The molecule has 0 atom stereocenters. The minimum absolute atomic E-state index is 0.0598. The summed E-state index contributed by atoms with van der Waals surface area (Å²) >= 11 is 1.15. The third-order valence-corrected chi connectivity index (χ3v) is 3.60. The van der Waals surface area contributed by atoms with Crippen LogP contribution in [-0.4, -0.2) is 22.0 Å². The summed E-state index contributed by atoms with van der Waals surface area (Å²) in [6.07, 6.45) is 0.905. The van der Waals surface area contributed by atoms with E-state index in [0.29, 0.717) is 22.8 Å². The molecular formula is C15H18N2O2S. The van der Waals surface area contributed by atoms with Crippen LogP contribution in [0, 0.1) is 0 Å². The standard InChI is InChI=1S/C15H18N2O2S/c1-4-9-19-12-8-6-5-7-11(12)14(18)15-13(10(2)3)16-17-20-15/h5-8,10H,4,9H2,1-3H3. The molecular weight excluding hydrogens is 272 g/mol. The number of para-hydroxylation sites is 1. The number of carbonyl (C=O) groups excluding carboxylic acids is 1. The van der Waals surface area contributed by atoms with Crippen molar-refractivity contribution in [3.05, 3.63) is 40.4 Å². The van der Waals surface area contributed by atoms with Gasteiger partial charge in [0.1, 0.15) is 10.6 Å². The van der Waals surface area contributed by atoms with E-state index in [2.05, 4.69) is 9.59 Å². The topological polar surface area (TPSA) is 52.1 Å². The van der Waals surface area contributed by atoms with Crippen LogP contribution in [0.15, 0.2) is 24.3 Å². The molecule has 0 aliphatic heterocycles. The van der Waals surface area contributed by atoms with E-state index < -0.39 is 0 Å². The molecule has 1 aromatic carbocycles. The molecule has 2 aromatic rings. The second-order valence-corrected chi connectivity index (χ2v) is 5.57. The lowest BCUT2D eigenvalue weighted by molar-refractivity contribution is 0.103. The number of ether oxygens (including phenoxy) is 1. The Morgan fingerprint density at radius 2 is 2.10 bits per heavy atom. The summed E-state index contributed by atoms with van der Waals surface area (Å²) in [4.78, 5) is 13.3. The normalized spacial score (nSPS) is 10.8. The molecule has 0 radical (unpaired) electrons. The zero-order chi connectivity index (χ0) is 14.5. The lowest BCUT2D eigenvalue weighted by Gasteiger charge is -2.10. The molecule has 0 aliphatic carbocycles. The summed E-state index contributed by atoms with van der Waals surface area (Å²) in [5, 5.41) is 4.06. The average Bonchev–Trinajstić information content (AvgIpc) is 2.94. The maximum absolute atomic E-state index is 12.7. The Morgan fingerprint density at radius 3 is 2.80 bits per heavy atom. The van der Waals surface area contributed by atoms with Crippen molar-refractivity contribution in [1.29, 1.82) is 0 Å². The highest BCUT2D eigenvalue weighted by Crippen LogP contribution is 2.27. The van der Waals surface area contributed by atoms with Crippen LogP contribution in [0.5, 0.6) is 5.75 Å². The SMILES string of the molecule is CCCOc1ccccc1C(=O)c1snnc1C(C)C. The van der Waals surface area contributed by atoms with E-state index in [4.69, 9.17) is 4.74 Å². The van der Waals surface area contributed by atoms with Gasteiger partial charge in [0.15, 0.2) is 0 Å². The summed E-state index contributed by atoms with van der Waals surface area (Å²) in [5.41, 5.74) is 1.33. The second-order valence-electron chi connectivity index (χ2n) is 4.82. The van der Waals surface area contributed by atoms with Gasteiger partial charge in [0.25, 0.3) is 0 Å². The van der Waals surface area contributed by atoms with Gasteiger partial charge in [-0.3, -0.25) is 4.79 Å². The van der Waals surface area contributed by atoms with E-state index in [9.17, 15) is 4.79 Å². The highest BCUT2D eigenvalue weighted by atomic mass is 32.1. The van der Waals surface area contributed by atoms with Crippen LogP contribution in [0.1, 0.15) is 54.0 Å². The molecule has 20 heavy (non-hydrogen) atoms. The molecule has 0 N–H and O–H groups in total. The van der Waals surface area contributed by atoms with Crippen LogP contribution in [-0.2, 0) is 0 Å². The van der Waals surface area contributed by atoms with Crippen LogP contribution in [0.4, 0.5) is 0 Å². The Hall–Kier alpha value is -1.75. The molecule has 4 nitrogen and oxygen atoms in total. The highest BCUT2D eigenvalue weighted by Gasteiger charge is 2.22. The number of aromatic nitrogens is 2. The van der Waals surface area contributed by atoms with Crippen molar-refractivity contribution in [1.82, 2.24) is 9.59 Å². The molecule has 0 fully saturated rings. The Kier molecular flexibility index (Phi) is 4.84. The maximum Gasteiger partial charge on any atom is 0.210 e. The van der Waals surface area contributed by atoms with Crippen LogP contribution >= 0.6 is 11.5 Å². The Morgan fingerprint density at radius 1 is 1.35 bits per heavy atom. The molecule has 1 heterocycles. The molecule has 1 aromatic heterocycles. The monoisotopic (exact) mass is 290 g/mol. The van der Waals surface area contributed by atoms with Crippen molar-refractivity contribution in [2.45, 2.75) is 33.1 Å². The second kappa shape index (κ2) is 6.61. The molecule has 0 saturated heterocycles. The van der Waals surface area contributed by atoms with Crippen molar-refractivity contribution in [2.24, 2.45) is 0 Å². The highest BCUT2D eigenvalue weighted by molar-refractivity contribution is 7.08. The molecule has 0 aliphatic rings. The van der Waals surface area contributed by atoms with Gasteiger partial charge in [0.2, 0.25) is 5.78 Å². The van der Waals surface area contributed by atoms with Gasteiger partial charge in [-0.15, -0.1) is 5.10 Å². The molecule has 106 valence electrons. The molecule has 0 bridgehead atoms. The number of rotatable bonds is 6. The summed E-state index contributed by atoms with van der Waals surface area (Å²) in [6, 6.07) is 7.33. The maximum atomic E-state index is 12.7. The first-order chi connectivity index (χ1) is 9.65. The van der Waals surface area contributed by atoms with E-state index in [1.54, 1.807) is 6.07 Å². The van der Waals surface area contributed by atoms with Gasteiger partial charge in [-0.1, -0.05) is 37.4 Å². The third kappa shape index (κ3) is 3.04. The zero-order valence-corrected chi connectivity index (χ0v) is 12.7. The number of ketones is 1. The first-order valence-corrected chi connectivity index (χ1v) is 7.51. The molecule has 5 heteroatoms. The first kappa shape index (κ1) is 14.7. The van der Waals surface area contributed by atoms with Gasteiger partial charge in [-0.05, 0) is 36.0 Å². The van der Waals surface area contributed by atoms with Crippen molar-refractivity contribution in [3.63, 3.8) is 0 Å². The van der Waals surface area contributed by atoms with Crippen molar-refractivity contribution >= 4 is 17.3 Å². The lowest BCUT2D eigenvalue weighted by Crippen LogP contribution is -2.07. The van der Waals surface area contributed by atoms with Crippen LogP contribution in [0.2, 0.25) is 0 Å². The fraction of sp³-hybridized carbons (Fsp3) is 0.400. The Balaban J connectivity index is 2.35. The van der Waals surface area contributed by atoms with Crippen LogP contribution < -0.4 is 4.74 Å². The van der Waals surface area contributed by atoms with Gasteiger partial charge >= 0.3 is 0 Å². The predicted octanol–water partition coefficient (Wildman–Crippen LogP) is 3.68. The van der Waals surface area contributed by atoms with Crippen LogP contribution in [0.3, 0.4) is 0 Å². The zero-order valence-electron chi connectivity index (χ0n) is 11.9. The van der Waals surface area contributed by atoms with Gasteiger partial charge in [0, 0.05) is 0 Å². The van der Waals surface area contributed by atoms with Crippen LogP contribution in [0.25, 0.3) is 0 Å². The smallest absolute Gasteiger partial charge is 0.210 e. The fourth-order valence-electron chi connectivity index (χ4n) is 1.85. The molecule has 0 saturated carbocycles. The summed E-state index contributed by atoms with van der Waals surface area (Å²) < 4.78 is 9.56. The third-order valence-electron chi connectivity index (χ3n) is 2.86. The number of nitrogens with zero attached hydrogens (tertiary/aromatic N) is 2. The largest absolute Gasteiger partial charge is 0.493 e. The van der Waals surface area contributed by atoms with E-state index in [-0.39, 0.29) is 11.7 Å². The van der Waals surface area contributed by atoms with Gasteiger partial charge in [-0.25, -0.2) is 0 Å². The number of benzene rings is 1. The quantitative estimate of drug-likeness (QED) is 0.761. The molecule has 0 spiro atoms. The Labute approximate surface area is 123 Å². The average molecular weight is 290 g/mol. The fourth-order valence-corrected chi connectivity index (χ4v) is 2.62. The predicted molar refractivity (Wildman–Crippen MR) is 79.7 cm³/mol. The van der Waals surface area contributed by atoms with Gasteiger partial charge < -0.3 is 4.74 Å². The molecule has 2 rings (SSSR count). The van der Waals surface area contributed by atoms with Crippen molar-refractivity contribution < 1.29 is 9.53 Å². The molecule has 0 amide bonds. The summed E-state index contributed by atoms with van der Waals surface area (Å²) in [6.45, 7) is 6.65. The lowest BCUT2D eigenvalue weighted by atomic mass is 10.0. The minimum atomic E-state index is -0.0598. The Bertz CT molecular complexity index is 593. The van der Waals surface area contributed by atoms with E-state index in [1.807, 2.05) is 39.0 Å². The van der Waals surface area contributed by atoms with Gasteiger partial charge in [-0.2, -0.15) is 0 Å². The number of carbonyl (C=O) groups is 1. The summed E-state index contributed by atoms with van der Waals surface area (Å²) in [7, 11) is 0. The number of hydrogen-bond acceptors (Lipinski definition) is 5. The first-order valence-electron chi connectivity index (χ1n) is 6.74. The van der Waals surface area contributed by atoms with E-state index in [1.165, 1.54) is 0 Å². The van der Waals surface area contributed by atoms with Crippen molar-refractivity contribution in [3.8, 4) is 5.75 Å².